The molecule has 0 unspecified atom stereocenters. The van der Waals surface area contributed by atoms with Crippen molar-refractivity contribution < 1.29 is 9.59 Å². The van der Waals surface area contributed by atoms with Gasteiger partial charge in [-0.2, -0.15) is 0 Å². The van der Waals surface area contributed by atoms with E-state index >= 15 is 0 Å². The summed E-state index contributed by atoms with van der Waals surface area (Å²) in [6.45, 7) is 7.21. The predicted molar refractivity (Wildman–Crippen MR) is 121 cm³/mol. The fraction of sp³-hybridized carbons (Fsp3) is 0.440. The van der Waals surface area contributed by atoms with E-state index in [0.717, 1.165) is 51.0 Å². The second-order valence-electron chi connectivity index (χ2n) is 8.71. The van der Waals surface area contributed by atoms with Gasteiger partial charge in [-0.3, -0.25) is 9.59 Å². The van der Waals surface area contributed by atoms with Gasteiger partial charge in [0.1, 0.15) is 0 Å². The Hall–Kier alpha value is -2.66. The minimum Gasteiger partial charge on any atom is -0.369 e. The Morgan fingerprint density at radius 3 is 2.17 bits per heavy atom. The Labute approximate surface area is 179 Å². The van der Waals surface area contributed by atoms with Crippen molar-refractivity contribution in [2.75, 3.05) is 25.0 Å². The molecule has 2 aromatic rings. The number of rotatable bonds is 8. The van der Waals surface area contributed by atoms with Crippen molar-refractivity contribution in [1.29, 1.82) is 0 Å². The molecule has 1 saturated heterocycles. The zero-order valence-electron chi connectivity index (χ0n) is 18.1. The Morgan fingerprint density at radius 1 is 1.00 bits per heavy atom. The van der Waals surface area contributed by atoms with Gasteiger partial charge in [0.2, 0.25) is 5.91 Å². The van der Waals surface area contributed by atoms with Crippen molar-refractivity contribution in [3.63, 3.8) is 0 Å². The highest BCUT2D eigenvalue weighted by atomic mass is 16.2. The first-order valence-electron chi connectivity index (χ1n) is 10.9. The van der Waals surface area contributed by atoms with Gasteiger partial charge in [0.05, 0.1) is 0 Å². The molecule has 0 saturated carbocycles. The van der Waals surface area contributed by atoms with Crippen molar-refractivity contribution in [3.05, 3.63) is 65.2 Å². The van der Waals surface area contributed by atoms with Crippen LogP contribution in [0, 0.1) is 11.8 Å². The summed E-state index contributed by atoms with van der Waals surface area (Å²) >= 11 is 0. The molecule has 0 radical (unpaired) electrons. The molecule has 5 heteroatoms. The number of likely N-dealkylation sites (tertiary alicyclic amines) is 1. The molecule has 1 aliphatic heterocycles. The topological polar surface area (TPSA) is 75.4 Å². The van der Waals surface area contributed by atoms with Crippen LogP contribution in [-0.4, -0.2) is 36.3 Å². The van der Waals surface area contributed by atoms with E-state index in [0.29, 0.717) is 11.5 Å². The van der Waals surface area contributed by atoms with E-state index in [-0.39, 0.29) is 17.7 Å². The summed E-state index contributed by atoms with van der Waals surface area (Å²) in [7, 11) is 0. The number of hydrogen-bond acceptors (Lipinski definition) is 3. The molecule has 0 spiro atoms. The van der Waals surface area contributed by atoms with Crippen LogP contribution < -0.4 is 11.1 Å². The van der Waals surface area contributed by atoms with Crippen LogP contribution >= 0.6 is 0 Å². The first-order valence-corrected chi connectivity index (χ1v) is 10.9. The zero-order chi connectivity index (χ0) is 21.5. The van der Waals surface area contributed by atoms with Crippen LogP contribution in [0.1, 0.15) is 48.2 Å². The van der Waals surface area contributed by atoms with E-state index in [1.54, 1.807) is 0 Å². The smallest absolute Gasteiger partial charge is 0.255 e. The highest BCUT2D eigenvalue weighted by Gasteiger charge is 2.22. The number of anilines is 1. The molecule has 0 aliphatic carbocycles. The molecule has 30 heavy (non-hydrogen) atoms. The number of hydrogen-bond donors (Lipinski definition) is 2. The summed E-state index contributed by atoms with van der Waals surface area (Å²) in [6.07, 6.45) is 3.69. The average Bonchev–Trinajstić information content (AvgIpc) is 2.73. The molecule has 0 bridgehead atoms. The van der Waals surface area contributed by atoms with Crippen molar-refractivity contribution in [2.24, 2.45) is 17.6 Å². The zero-order valence-corrected chi connectivity index (χ0v) is 18.1. The van der Waals surface area contributed by atoms with E-state index in [1.165, 1.54) is 11.1 Å². The summed E-state index contributed by atoms with van der Waals surface area (Å²) < 4.78 is 0. The Kier molecular flexibility index (Phi) is 7.63. The summed E-state index contributed by atoms with van der Waals surface area (Å²) in [4.78, 5) is 26.1. The number of primary amides is 1. The maximum absolute atomic E-state index is 12.5. The molecule has 0 aromatic heterocycles. The van der Waals surface area contributed by atoms with Crippen LogP contribution in [-0.2, 0) is 17.6 Å². The third-order valence-corrected chi connectivity index (χ3v) is 5.78. The molecule has 0 atom stereocenters. The van der Waals surface area contributed by atoms with Gasteiger partial charge in [0.15, 0.2) is 0 Å². The van der Waals surface area contributed by atoms with Crippen LogP contribution in [0.2, 0.25) is 0 Å². The molecule has 3 N–H and O–H groups in total. The van der Waals surface area contributed by atoms with Crippen molar-refractivity contribution in [3.8, 4) is 0 Å². The maximum atomic E-state index is 12.5. The van der Waals surface area contributed by atoms with Crippen LogP contribution in [0.5, 0.6) is 0 Å². The van der Waals surface area contributed by atoms with E-state index in [9.17, 15) is 9.59 Å². The SMILES string of the molecule is CC(C)Cc1ccc(C(=O)Nc2ccc(CCN3CCC(C(N)=O)CC3)cc2)cc1. The van der Waals surface area contributed by atoms with Crippen molar-refractivity contribution in [1.82, 2.24) is 4.90 Å². The lowest BCUT2D eigenvalue weighted by atomic mass is 9.96. The monoisotopic (exact) mass is 407 g/mol. The van der Waals surface area contributed by atoms with Crippen molar-refractivity contribution in [2.45, 2.75) is 39.5 Å². The minimum absolute atomic E-state index is 0.0375. The standard InChI is InChI=1S/C25H33N3O2/c1-18(2)17-20-3-7-22(8-4-20)25(30)27-23-9-5-19(6-10-23)11-14-28-15-12-21(13-16-28)24(26)29/h3-10,18,21H,11-17H2,1-2H3,(H2,26,29)(H,27,30). The lowest BCUT2D eigenvalue weighted by molar-refractivity contribution is -0.123. The molecule has 2 amide bonds. The molecule has 1 aliphatic rings. The number of nitrogens with zero attached hydrogens (tertiary/aromatic N) is 1. The number of amides is 2. The first kappa shape index (κ1) is 22.0. The molecule has 3 rings (SSSR count). The maximum Gasteiger partial charge on any atom is 0.255 e. The highest BCUT2D eigenvalue weighted by molar-refractivity contribution is 6.04. The fourth-order valence-electron chi connectivity index (χ4n) is 3.95. The first-order chi connectivity index (χ1) is 14.4. The Balaban J connectivity index is 1.46. The Bertz CT molecular complexity index is 836. The van der Waals surface area contributed by atoms with Gasteiger partial charge in [-0.05, 0) is 80.1 Å². The van der Waals surface area contributed by atoms with Gasteiger partial charge in [0, 0.05) is 23.7 Å². The largest absolute Gasteiger partial charge is 0.369 e. The van der Waals surface area contributed by atoms with Crippen LogP contribution in [0.15, 0.2) is 48.5 Å². The van der Waals surface area contributed by atoms with Gasteiger partial charge in [0.25, 0.3) is 5.91 Å². The van der Waals surface area contributed by atoms with Crippen molar-refractivity contribution >= 4 is 17.5 Å². The quantitative estimate of drug-likeness (QED) is 0.697. The van der Waals surface area contributed by atoms with E-state index in [4.69, 9.17) is 5.73 Å². The third kappa shape index (κ3) is 6.42. The second-order valence-corrected chi connectivity index (χ2v) is 8.71. The Morgan fingerprint density at radius 2 is 1.60 bits per heavy atom. The van der Waals surface area contributed by atoms with Gasteiger partial charge < -0.3 is 16.0 Å². The molecule has 2 aromatic carbocycles. The van der Waals surface area contributed by atoms with E-state index in [2.05, 4.69) is 36.2 Å². The number of carbonyl (C=O) groups is 2. The van der Waals surface area contributed by atoms with Crippen LogP contribution in [0.4, 0.5) is 5.69 Å². The lowest BCUT2D eigenvalue weighted by Gasteiger charge is -2.30. The molecular formula is C25H33N3O2. The van der Waals surface area contributed by atoms with Gasteiger partial charge in [-0.1, -0.05) is 38.1 Å². The number of nitrogens with one attached hydrogen (secondary N) is 1. The third-order valence-electron chi connectivity index (χ3n) is 5.78. The summed E-state index contributed by atoms with van der Waals surface area (Å²) in [5.74, 6) is 0.385. The van der Waals surface area contributed by atoms with E-state index < -0.39 is 0 Å². The fourth-order valence-corrected chi connectivity index (χ4v) is 3.95. The average molecular weight is 408 g/mol. The number of nitrogens with two attached hydrogens (primary N) is 1. The summed E-state index contributed by atoms with van der Waals surface area (Å²) in [5.41, 5.74) is 9.37. The second kappa shape index (κ2) is 10.4. The lowest BCUT2D eigenvalue weighted by Crippen LogP contribution is -2.39. The highest BCUT2D eigenvalue weighted by Crippen LogP contribution is 2.18. The molecule has 1 fully saturated rings. The minimum atomic E-state index is -0.168. The molecular weight excluding hydrogens is 374 g/mol. The molecule has 160 valence electrons. The number of benzene rings is 2. The summed E-state index contributed by atoms with van der Waals surface area (Å²) in [5, 5.41) is 2.97. The number of piperidine rings is 1. The van der Waals surface area contributed by atoms with E-state index in [1.807, 2.05) is 36.4 Å². The van der Waals surface area contributed by atoms with Gasteiger partial charge >= 0.3 is 0 Å². The van der Waals surface area contributed by atoms with Crippen LogP contribution in [0.3, 0.4) is 0 Å². The molecule has 5 nitrogen and oxygen atoms in total. The van der Waals surface area contributed by atoms with Gasteiger partial charge in [-0.15, -0.1) is 0 Å². The normalized spacial score (nSPS) is 15.3. The van der Waals surface area contributed by atoms with Gasteiger partial charge in [-0.25, -0.2) is 0 Å². The number of carbonyl (C=O) groups excluding carboxylic acids is 2. The molecule has 1 heterocycles. The predicted octanol–water partition coefficient (Wildman–Crippen LogP) is 3.88. The summed E-state index contributed by atoms with van der Waals surface area (Å²) in [6, 6.07) is 15.9. The van der Waals surface area contributed by atoms with Crippen LogP contribution in [0.25, 0.3) is 0 Å².